The van der Waals surface area contributed by atoms with Crippen molar-refractivity contribution >= 4 is 76.4 Å². The van der Waals surface area contributed by atoms with Crippen molar-refractivity contribution in [1.82, 2.24) is 34.8 Å². The number of likely N-dealkylation sites (tertiary alicyclic amines) is 1. The van der Waals surface area contributed by atoms with Gasteiger partial charge in [-0.2, -0.15) is 29.0 Å². The number of aromatic nitrogens is 6. The molecule has 0 saturated carbocycles. The Bertz CT molecular complexity index is 3070. The van der Waals surface area contributed by atoms with Crippen molar-refractivity contribution in [3.63, 3.8) is 0 Å². The topological polar surface area (TPSA) is 230 Å². The zero-order chi connectivity index (χ0) is 49.0. The molecule has 354 valence electrons. The van der Waals surface area contributed by atoms with E-state index in [-0.39, 0.29) is 11.9 Å². The van der Waals surface area contributed by atoms with E-state index in [1.54, 1.807) is 36.7 Å². The van der Waals surface area contributed by atoms with Gasteiger partial charge >= 0.3 is 5.51 Å². The Hall–Kier alpha value is -7.32. The molecule has 4 aromatic heterocycles. The van der Waals surface area contributed by atoms with E-state index in [4.69, 9.17) is 5.26 Å². The molecule has 1 amide bonds. The number of piperidine rings is 1. The highest BCUT2D eigenvalue weighted by molar-refractivity contribution is 7.92. The molecule has 2 N–H and O–H groups in total. The first-order valence-electron chi connectivity index (χ1n) is 21.7. The normalized spacial score (nSPS) is 14.9. The highest BCUT2D eigenvalue weighted by atomic mass is 32.2. The van der Waals surface area contributed by atoms with Crippen LogP contribution < -0.4 is 15.5 Å². The molecule has 69 heavy (non-hydrogen) atoms. The summed E-state index contributed by atoms with van der Waals surface area (Å²) in [6.07, 6.45) is 6.99. The highest BCUT2D eigenvalue weighted by Crippen LogP contribution is 2.34. The number of hydrogen-bond donors (Lipinski definition) is 2. The van der Waals surface area contributed by atoms with E-state index in [2.05, 4.69) is 52.7 Å². The lowest BCUT2D eigenvalue weighted by Gasteiger charge is -2.33. The molecule has 22 heteroatoms. The summed E-state index contributed by atoms with van der Waals surface area (Å²) in [5, 5.41) is 34.6. The van der Waals surface area contributed by atoms with Gasteiger partial charge in [-0.15, -0.1) is 22.7 Å². The Kier molecular flexibility index (Phi) is 16.3. The maximum absolute atomic E-state index is 12.9. The van der Waals surface area contributed by atoms with E-state index >= 15 is 0 Å². The number of nitriles is 3. The molecule has 2 aliphatic rings. The van der Waals surface area contributed by atoms with Crippen LogP contribution >= 0.6 is 22.7 Å². The number of fused-ring (bicyclic) bond motifs is 2. The molecule has 3 aromatic carbocycles. The number of para-hydroxylation sites is 2. The molecule has 7 aromatic rings. The minimum absolute atomic E-state index is 0.0760. The number of carbonyl (C=O) groups is 1. The molecule has 0 bridgehead atoms. The Balaban J connectivity index is 0.000000201. The number of anilines is 3. The second-order valence-corrected chi connectivity index (χ2v) is 19.7. The van der Waals surface area contributed by atoms with Crippen LogP contribution in [0.4, 0.5) is 30.8 Å². The maximum atomic E-state index is 12.9. The second-order valence-electron chi connectivity index (χ2n) is 15.6. The quantitative estimate of drug-likeness (QED) is 0.103. The molecule has 6 heterocycles. The van der Waals surface area contributed by atoms with Gasteiger partial charge in [0.05, 0.1) is 54.9 Å². The van der Waals surface area contributed by atoms with Crippen molar-refractivity contribution in [2.75, 3.05) is 48.3 Å². The van der Waals surface area contributed by atoms with Gasteiger partial charge in [0, 0.05) is 70.2 Å². The average molecular weight is 992 g/mol. The second kappa shape index (κ2) is 22.7. The Morgan fingerprint density at radius 2 is 1.39 bits per heavy atom. The third kappa shape index (κ3) is 12.2. The number of thiazole rings is 2. The predicted molar refractivity (Wildman–Crippen MR) is 257 cm³/mol. The average Bonchev–Trinajstić information content (AvgIpc) is 4.10. The van der Waals surface area contributed by atoms with Crippen LogP contribution in [0.2, 0.25) is 0 Å². The van der Waals surface area contributed by atoms with Gasteiger partial charge in [0.2, 0.25) is 17.8 Å². The van der Waals surface area contributed by atoms with Crippen molar-refractivity contribution in [2.24, 2.45) is 0 Å². The van der Waals surface area contributed by atoms with Gasteiger partial charge in [0.15, 0.2) is 0 Å². The van der Waals surface area contributed by atoms with E-state index in [1.165, 1.54) is 35.7 Å². The molecule has 16 nitrogen and oxygen atoms in total. The number of nitrogens with one attached hydrogen (secondary N) is 2. The van der Waals surface area contributed by atoms with E-state index < -0.39 is 32.1 Å². The van der Waals surface area contributed by atoms with Crippen LogP contribution in [0.3, 0.4) is 0 Å². The summed E-state index contributed by atoms with van der Waals surface area (Å²) >= 11 is 2.97. The molecule has 2 aliphatic heterocycles. The van der Waals surface area contributed by atoms with Gasteiger partial charge in [-0.3, -0.25) is 4.79 Å². The Morgan fingerprint density at radius 3 is 1.96 bits per heavy atom. The van der Waals surface area contributed by atoms with Gasteiger partial charge in [-0.1, -0.05) is 30.3 Å². The van der Waals surface area contributed by atoms with Crippen molar-refractivity contribution in [3.8, 4) is 18.2 Å². The highest BCUT2D eigenvalue weighted by Gasteiger charge is 2.47. The zero-order valence-corrected chi connectivity index (χ0v) is 39.5. The molecule has 0 spiro atoms. The smallest absolute Gasteiger partial charge is 0.382 e. The third-order valence-electron chi connectivity index (χ3n) is 11.0. The SMILES string of the molecule is CC#N.N#CC(c1ccnc(N2CCC(Nc3cccc(S(=O)(=O)C(F)(F)F)c3)CC2)n1)c1nc2ccccc2s1.N#CC(c1ccnc(NCCCN2CCCC2=O)n1)c1nc2ccccc2s1. The number of rotatable bonds is 13. The van der Waals surface area contributed by atoms with Crippen molar-refractivity contribution in [3.05, 3.63) is 119 Å². The molecule has 0 radical (unpaired) electrons. The first-order valence-corrected chi connectivity index (χ1v) is 24.8. The minimum Gasteiger partial charge on any atom is -0.382 e. The number of nitrogens with zero attached hydrogens (tertiary/aromatic N) is 11. The predicted octanol–water partition coefficient (Wildman–Crippen LogP) is 8.81. The lowest BCUT2D eigenvalue weighted by Crippen LogP contribution is -2.40. The van der Waals surface area contributed by atoms with Crippen molar-refractivity contribution in [2.45, 2.75) is 67.3 Å². The van der Waals surface area contributed by atoms with Gasteiger partial charge in [0.1, 0.15) is 21.9 Å². The number of benzene rings is 3. The molecule has 2 fully saturated rings. The lowest BCUT2D eigenvalue weighted by atomic mass is 10.0. The summed E-state index contributed by atoms with van der Waals surface area (Å²) < 4.78 is 64.3. The van der Waals surface area contributed by atoms with Crippen LogP contribution in [-0.4, -0.2) is 93.4 Å². The van der Waals surface area contributed by atoms with Crippen molar-refractivity contribution in [1.29, 1.82) is 15.8 Å². The standard InChI is InChI=1S/C25H21F3N6O2S2.C20H20N6OS.C2H3N/c26-25(27,28)38(35,36)18-5-3-4-17(14-18)31-16-9-12-34(13-10-16)24-30-11-8-20(33-24)19(15-29)23-32-21-6-1-2-7-22(21)37-23;21-13-14(19-24-16-5-1-2-6-17(16)28-19)15-8-10-23-20(25-15)22-9-4-12-26-11-3-7-18(26)27;1-2-3/h1-8,11,14,16,19,31H,9-10,12-13H2;1-2,5-6,8,10,14H,3-4,7,9,11-12H2,(H,22,23,25);1H3. The summed E-state index contributed by atoms with van der Waals surface area (Å²) in [4.78, 5) is 41.7. The van der Waals surface area contributed by atoms with E-state index in [1.807, 2.05) is 58.3 Å². The molecular formula is C47H44F3N13O3S3. The molecule has 2 atom stereocenters. The van der Waals surface area contributed by atoms with Gasteiger partial charge < -0.3 is 20.4 Å². The van der Waals surface area contributed by atoms with Crippen LogP contribution in [0, 0.1) is 34.0 Å². The minimum atomic E-state index is -5.42. The number of carbonyl (C=O) groups excluding carboxylic acids is 1. The van der Waals surface area contributed by atoms with Gasteiger partial charge in [-0.25, -0.2) is 38.3 Å². The number of sulfone groups is 1. The molecule has 2 unspecified atom stereocenters. The van der Waals surface area contributed by atoms with E-state index in [0.29, 0.717) is 72.9 Å². The molecule has 2 saturated heterocycles. The lowest BCUT2D eigenvalue weighted by molar-refractivity contribution is -0.127. The molecular weight excluding hydrogens is 948 g/mol. The fourth-order valence-electron chi connectivity index (χ4n) is 7.57. The van der Waals surface area contributed by atoms with Crippen LogP contribution in [0.25, 0.3) is 20.4 Å². The fraction of sp³-hybridized carbons (Fsp3) is 0.319. The summed E-state index contributed by atoms with van der Waals surface area (Å²) in [5.41, 5.74) is -2.14. The summed E-state index contributed by atoms with van der Waals surface area (Å²) in [6.45, 7) is 4.85. The number of halogens is 3. The number of amides is 1. The zero-order valence-electron chi connectivity index (χ0n) is 37.0. The van der Waals surface area contributed by atoms with Gasteiger partial charge in [-0.05, 0) is 80.3 Å². The summed E-state index contributed by atoms with van der Waals surface area (Å²) in [5.74, 6) is 0.0647. The van der Waals surface area contributed by atoms with Crippen LogP contribution in [0.15, 0.2) is 102 Å². The third-order valence-corrected chi connectivity index (χ3v) is 14.6. The monoisotopic (exact) mass is 991 g/mol. The summed E-state index contributed by atoms with van der Waals surface area (Å²) in [6, 6.07) is 30.1. The van der Waals surface area contributed by atoms with Crippen molar-refractivity contribution < 1.29 is 26.4 Å². The van der Waals surface area contributed by atoms with E-state index in [9.17, 15) is 36.9 Å². The largest absolute Gasteiger partial charge is 0.501 e. The van der Waals surface area contributed by atoms with Crippen LogP contribution in [-0.2, 0) is 14.6 Å². The first kappa shape index (κ1) is 49.6. The Labute approximate surface area is 404 Å². The molecule has 0 aliphatic carbocycles. The van der Waals surface area contributed by atoms with E-state index in [0.717, 1.165) is 63.5 Å². The van der Waals surface area contributed by atoms with Gasteiger partial charge in [0.25, 0.3) is 9.84 Å². The fourth-order valence-corrected chi connectivity index (χ4v) is 10.4. The molecule has 9 rings (SSSR count). The number of hydrogen-bond acceptors (Lipinski definition) is 17. The van der Waals surface area contributed by atoms with Crippen LogP contribution in [0.1, 0.15) is 72.3 Å². The maximum Gasteiger partial charge on any atom is 0.501 e. The summed E-state index contributed by atoms with van der Waals surface area (Å²) in [7, 11) is -5.42. The Morgan fingerprint density at radius 1 is 0.797 bits per heavy atom. The number of alkyl halides is 3. The van der Waals surface area contributed by atoms with Crippen LogP contribution in [0.5, 0.6) is 0 Å². The first-order chi connectivity index (χ1) is 33.3.